The second-order valence-corrected chi connectivity index (χ2v) is 8.21. The number of carbonyl (C=O) groups is 3. The SMILES string of the molecule is Cc1ncc(C(=O)NCc2cccc(C(=O)O)c2)c(C2CCN(C(=O)c3cccnc3)CC2)n1. The number of hydrogen-bond acceptors (Lipinski definition) is 6. The van der Waals surface area contributed by atoms with Crippen LogP contribution in [-0.2, 0) is 6.54 Å². The number of hydrogen-bond donors (Lipinski definition) is 2. The predicted molar refractivity (Wildman–Crippen MR) is 123 cm³/mol. The zero-order valence-electron chi connectivity index (χ0n) is 18.8. The van der Waals surface area contributed by atoms with Crippen LogP contribution in [0.15, 0.2) is 55.0 Å². The van der Waals surface area contributed by atoms with Crippen molar-refractivity contribution in [1.82, 2.24) is 25.2 Å². The van der Waals surface area contributed by atoms with E-state index in [9.17, 15) is 14.4 Å². The number of likely N-dealkylation sites (tertiary alicyclic amines) is 1. The van der Waals surface area contributed by atoms with Crippen LogP contribution in [0.3, 0.4) is 0 Å². The third-order valence-electron chi connectivity index (χ3n) is 5.89. The Kier molecular flexibility index (Phi) is 6.91. The topological polar surface area (TPSA) is 125 Å². The first-order valence-corrected chi connectivity index (χ1v) is 11.1. The van der Waals surface area contributed by atoms with Gasteiger partial charge in [-0.15, -0.1) is 0 Å². The summed E-state index contributed by atoms with van der Waals surface area (Å²) in [6.45, 7) is 3.09. The van der Waals surface area contributed by atoms with Gasteiger partial charge in [-0.2, -0.15) is 0 Å². The maximum absolute atomic E-state index is 13.0. The van der Waals surface area contributed by atoms with E-state index >= 15 is 0 Å². The Labute approximate surface area is 196 Å². The molecule has 0 spiro atoms. The van der Waals surface area contributed by atoms with Gasteiger partial charge in [-0.05, 0) is 49.6 Å². The number of nitrogens with zero attached hydrogens (tertiary/aromatic N) is 4. The molecular weight excluding hydrogens is 434 g/mol. The Morgan fingerprint density at radius 1 is 1.09 bits per heavy atom. The molecule has 0 unspecified atom stereocenters. The molecule has 1 aliphatic heterocycles. The fourth-order valence-electron chi connectivity index (χ4n) is 4.09. The molecule has 1 aliphatic rings. The van der Waals surface area contributed by atoms with Crippen molar-refractivity contribution in [1.29, 1.82) is 0 Å². The summed E-state index contributed by atoms with van der Waals surface area (Å²) in [6, 6.07) is 9.94. The van der Waals surface area contributed by atoms with Crippen molar-refractivity contribution in [2.24, 2.45) is 0 Å². The van der Waals surface area contributed by atoms with Gasteiger partial charge in [0.25, 0.3) is 11.8 Å². The Bertz CT molecular complexity index is 1210. The maximum atomic E-state index is 13.0. The summed E-state index contributed by atoms with van der Waals surface area (Å²) >= 11 is 0. The maximum Gasteiger partial charge on any atom is 0.335 e. The summed E-state index contributed by atoms with van der Waals surface area (Å²) in [5.41, 5.74) is 2.49. The van der Waals surface area contributed by atoms with Crippen molar-refractivity contribution in [2.75, 3.05) is 13.1 Å². The summed E-state index contributed by atoms with van der Waals surface area (Å²) in [7, 11) is 0. The average Bonchev–Trinajstić information content (AvgIpc) is 2.87. The third kappa shape index (κ3) is 5.25. The highest BCUT2D eigenvalue weighted by atomic mass is 16.4. The van der Waals surface area contributed by atoms with Gasteiger partial charge in [0.2, 0.25) is 0 Å². The average molecular weight is 460 g/mol. The van der Waals surface area contributed by atoms with Crippen molar-refractivity contribution in [3.05, 3.63) is 88.8 Å². The zero-order valence-corrected chi connectivity index (χ0v) is 18.8. The van der Waals surface area contributed by atoms with E-state index < -0.39 is 5.97 Å². The van der Waals surface area contributed by atoms with Crippen LogP contribution in [0.4, 0.5) is 0 Å². The van der Waals surface area contributed by atoms with Gasteiger partial charge in [-0.3, -0.25) is 14.6 Å². The van der Waals surface area contributed by atoms with Crippen molar-refractivity contribution >= 4 is 17.8 Å². The molecule has 9 heteroatoms. The number of carbonyl (C=O) groups excluding carboxylic acids is 2. The molecule has 0 bridgehead atoms. The van der Waals surface area contributed by atoms with Gasteiger partial charge in [0.05, 0.1) is 22.4 Å². The second kappa shape index (κ2) is 10.2. The van der Waals surface area contributed by atoms with Crippen LogP contribution >= 0.6 is 0 Å². The number of aromatic nitrogens is 3. The number of nitrogens with one attached hydrogen (secondary N) is 1. The van der Waals surface area contributed by atoms with Crippen LogP contribution in [-0.4, -0.2) is 55.8 Å². The van der Waals surface area contributed by atoms with Crippen LogP contribution in [0.5, 0.6) is 0 Å². The van der Waals surface area contributed by atoms with Crippen LogP contribution in [0.1, 0.15) is 66.9 Å². The van der Waals surface area contributed by atoms with Crippen molar-refractivity contribution in [3.63, 3.8) is 0 Å². The van der Waals surface area contributed by atoms with Gasteiger partial charge in [0.1, 0.15) is 5.82 Å². The molecule has 174 valence electrons. The first-order valence-electron chi connectivity index (χ1n) is 11.1. The molecule has 2 amide bonds. The summed E-state index contributed by atoms with van der Waals surface area (Å²) in [4.78, 5) is 51.5. The largest absolute Gasteiger partial charge is 0.478 e. The molecule has 3 heterocycles. The van der Waals surface area contributed by atoms with E-state index in [1.54, 1.807) is 48.5 Å². The summed E-state index contributed by atoms with van der Waals surface area (Å²) in [6.07, 6.45) is 6.10. The summed E-state index contributed by atoms with van der Waals surface area (Å²) in [5.74, 6) is -0.780. The Balaban J connectivity index is 1.44. The lowest BCUT2D eigenvalue weighted by Gasteiger charge is -2.32. The van der Waals surface area contributed by atoms with Gasteiger partial charge in [0, 0.05) is 44.1 Å². The Morgan fingerprint density at radius 3 is 2.56 bits per heavy atom. The molecule has 0 aliphatic carbocycles. The number of piperidine rings is 1. The van der Waals surface area contributed by atoms with Crippen LogP contribution in [0.2, 0.25) is 0 Å². The smallest absolute Gasteiger partial charge is 0.335 e. The number of aromatic carboxylic acids is 1. The first kappa shape index (κ1) is 23.0. The number of pyridine rings is 1. The molecule has 1 aromatic carbocycles. The lowest BCUT2D eigenvalue weighted by atomic mass is 9.90. The number of benzene rings is 1. The molecule has 0 atom stereocenters. The van der Waals surface area contributed by atoms with E-state index in [0.717, 1.165) is 0 Å². The molecule has 34 heavy (non-hydrogen) atoms. The normalized spacial score (nSPS) is 14.0. The molecular formula is C25H25N5O4. The predicted octanol–water partition coefficient (Wildman–Crippen LogP) is 2.83. The minimum atomic E-state index is -1.02. The van der Waals surface area contributed by atoms with E-state index in [0.29, 0.717) is 54.1 Å². The lowest BCUT2D eigenvalue weighted by molar-refractivity contribution is 0.0692. The van der Waals surface area contributed by atoms with Crippen molar-refractivity contribution < 1.29 is 19.5 Å². The molecule has 0 saturated carbocycles. The van der Waals surface area contributed by atoms with Gasteiger partial charge in [0.15, 0.2) is 0 Å². The quantitative estimate of drug-likeness (QED) is 0.581. The fourth-order valence-corrected chi connectivity index (χ4v) is 4.09. The highest BCUT2D eigenvalue weighted by Crippen LogP contribution is 2.29. The van der Waals surface area contributed by atoms with Crippen molar-refractivity contribution in [2.45, 2.75) is 32.2 Å². The first-order chi connectivity index (χ1) is 16.4. The number of rotatable bonds is 6. The number of carboxylic acids is 1. The number of amides is 2. The van der Waals surface area contributed by atoms with E-state index in [1.165, 1.54) is 18.3 Å². The molecule has 9 nitrogen and oxygen atoms in total. The van der Waals surface area contributed by atoms with Crippen LogP contribution in [0.25, 0.3) is 0 Å². The van der Waals surface area contributed by atoms with Crippen molar-refractivity contribution in [3.8, 4) is 0 Å². The molecule has 1 saturated heterocycles. The minimum absolute atomic E-state index is 0.0238. The van der Waals surface area contributed by atoms with E-state index in [4.69, 9.17) is 5.11 Å². The highest BCUT2D eigenvalue weighted by molar-refractivity contribution is 5.95. The Hall–Kier alpha value is -4.14. The minimum Gasteiger partial charge on any atom is -0.478 e. The molecule has 4 rings (SSSR count). The zero-order chi connectivity index (χ0) is 24.1. The van der Waals surface area contributed by atoms with Gasteiger partial charge in [-0.25, -0.2) is 14.8 Å². The van der Waals surface area contributed by atoms with Crippen LogP contribution in [0, 0.1) is 6.92 Å². The number of carboxylic acid groups (broad SMARTS) is 1. The second-order valence-electron chi connectivity index (χ2n) is 8.21. The van der Waals surface area contributed by atoms with Gasteiger partial charge < -0.3 is 15.3 Å². The highest BCUT2D eigenvalue weighted by Gasteiger charge is 2.28. The molecule has 3 aromatic rings. The molecule has 1 fully saturated rings. The number of aryl methyl sites for hydroxylation is 1. The monoisotopic (exact) mass is 459 g/mol. The summed E-state index contributed by atoms with van der Waals surface area (Å²) < 4.78 is 0. The fraction of sp³-hybridized carbons (Fsp3) is 0.280. The lowest BCUT2D eigenvalue weighted by Crippen LogP contribution is -2.38. The van der Waals surface area contributed by atoms with Gasteiger partial charge in [-0.1, -0.05) is 12.1 Å². The van der Waals surface area contributed by atoms with Gasteiger partial charge >= 0.3 is 5.97 Å². The van der Waals surface area contributed by atoms with E-state index in [-0.39, 0.29) is 29.8 Å². The van der Waals surface area contributed by atoms with Crippen LogP contribution < -0.4 is 5.32 Å². The summed E-state index contributed by atoms with van der Waals surface area (Å²) in [5, 5.41) is 12.0. The molecule has 2 aromatic heterocycles. The standard InChI is InChI=1S/C25H25N5O4/c1-16-27-15-21(23(31)28-13-17-4-2-5-19(12-17)25(33)34)22(29-16)18-7-10-30(11-8-18)24(32)20-6-3-9-26-14-20/h2-6,9,12,14-15,18H,7-8,10-11,13H2,1H3,(H,28,31)(H,33,34). The Morgan fingerprint density at radius 2 is 1.85 bits per heavy atom. The molecule has 0 radical (unpaired) electrons. The van der Waals surface area contributed by atoms with E-state index in [1.807, 2.05) is 0 Å². The molecule has 2 N–H and O–H groups in total. The van der Waals surface area contributed by atoms with E-state index in [2.05, 4.69) is 20.3 Å². The third-order valence-corrected chi connectivity index (χ3v) is 5.89.